The van der Waals surface area contributed by atoms with Crippen LogP contribution >= 0.6 is 0 Å². The van der Waals surface area contributed by atoms with Crippen LogP contribution < -0.4 is 4.74 Å². The van der Waals surface area contributed by atoms with E-state index in [1.165, 1.54) is 13.8 Å². The van der Waals surface area contributed by atoms with E-state index in [2.05, 4.69) is 0 Å². The van der Waals surface area contributed by atoms with Gasteiger partial charge in [0, 0.05) is 6.61 Å². The van der Waals surface area contributed by atoms with Crippen molar-refractivity contribution in [2.24, 2.45) is 0 Å². The van der Waals surface area contributed by atoms with Crippen LogP contribution in [-0.4, -0.2) is 18.8 Å². The first kappa shape index (κ1) is 12.0. The molecule has 0 fully saturated rings. The van der Waals surface area contributed by atoms with Gasteiger partial charge in [-0.15, -0.1) is 0 Å². The summed E-state index contributed by atoms with van der Waals surface area (Å²) in [5.41, 5.74) is 0.0752. The van der Waals surface area contributed by atoms with Crippen molar-refractivity contribution < 1.29 is 14.2 Å². The molecule has 2 nitrogen and oxygen atoms in total. The highest BCUT2D eigenvalue weighted by atomic mass is 19.1. The molecule has 0 aliphatic rings. The maximum absolute atomic E-state index is 13.7. The lowest BCUT2D eigenvalue weighted by Gasteiger charge is -2.17. The number of halogens is 1. The molecule has 0 unspecified atom stereocenters. The number of alkyl halides is 1. The maximum Gasteiger partial charge on any atom is 0.130 e. The van der Waals surface area contributed by atoms with Crippen molar-refractivity contribution in [3.63, 3.8) is 0 Å². The van der Waals surface area contributed by atoms with Crippen LogP contribution in [0.1, 0.15) is 25.0 Å². The Morgan fingerprint density at radius 3 is 2.53 bits per heavy atom. The van der Waals surface area contributed by atoms with Gasteiger partial charge in [0.2, 0.25) is 0 Å². The summed E-state index contributed by atoms with van der Waals surface area (Å²) in [5, 5.41) is 8.88. The Morgan fingerprint density at radius 2 is 2.07 bits per heavy atom. The van der Waals surface area contributed by atoms with Crippen molar-refractivity contribution in [3.8, 4) is 5.75 Å². The summed E-state index contributed by atoms with van der Waals surface area (Å²) in [7, 11) is 1.57. The minimum atomic E-state index is -1.36. The second-order valence-electron chi connectivity index (χ2n) is 3.97. The summed E-state index contributed by atoms with van der Waals surface area (Å²) in [6.45, 7) is 3.06. The molecule has 0 aliphatic heterocycles. The zero-order chi connectivity index (χ0) is 11.5. The number of aliphatic hydroxyl groups excluding tert-OH is 1. The normalized spacial score (nSPS) is 11.5. The standard InChI is InChI=1S/C12H17FO2/c1-12(2,13)10-4-5-11(15-3)9(8-10)6-7-14/h4-5,8,14H,6-7H2,1-3H3. The van der Waals surface area contributed by atoms with E-state index < -0.39 is 5.67 Å². The van der Waals surface area contributed by atoms with Gasteiger partial charge in [0.1, 0.15) is 11.4 Å². The van der Waals surface area contributed by atoms with Crippen molar-refractivity contribution in [2.45, 2.75) is 25.9 Å². The zero-order valence-corrected chi connectivity index (χ0v) is 9.38. The number of benzene rings is 1. The first-order chi connectivity index (χ1) is 6.99. The predicted octanol–water partition coefficient (Wildman–Crippen LogP) is 2.43. The third kappa shape index (κ3) is 2.93. The molecule has 0 radical (unpaired) electrons. The molecule has 0 saturated heterocycles. The lowest BCUT2D eigenvalue weighted by Crippen LogP contribution is -2.10. The minimum absolute atomic E-state index is 0.0343. The van der Waals surface area contributed by atoms with Crippen molar-refractivity contribution in [2.75, 3.05) is 13.7 Å². The molecule has 3 heteroatoms. The highest BCUT2D eigenvalue weighted by molar-refractivity contribution is 5.39. The van der Waals surface area contributed by atoms with Crippen molar-refractivity contribution >= 4 is 0 Å². The van der Waals surface area contributed by atoms with Gasteiger partial charge in [-0.2, -0.15) is 0 Å². The number of ether oxygens (including phenoxy) is 1. The summed E-state index contributed by atoms with van der Waals surface area (Å²) in [6.07, 6.45) is 0.479. The SMILES string of the molecule is COc1ccc(C(C)(C)F)cc1CCO. The summed E-state index contributed by atoms with van der Waals surface area (Å²) >= 11 is 0. The van der Waals surface area contributed by atoms with Crippen LogP contribution in [0.4, 0.5) is 4.39 Å². The van der Waals surface area contributed by atoms with E-state index in [1.54, 1.807) is 25.3 Å². The summed E-state index contributed by atoms with van der Waals surface area (Å²) in [6, 6.07) is 5.19. The monoisotopic (exact) mass is 212 g/mol. The molecule has 0 heterocycles. The van der Waals surface area contributed by atoms with Crippen molar-refractivity contribution in [1.82, 2.24) is 0 Å². The summed E-state index contributed by atoms with van der Waals surface area (Å²) in [4.78, 5) is 0. The molecule has 1 aromatic carbocycles. The van der Waals surface area contributed by atoms with Gasteiger partial charge in [0.25, 0.3) is 0 Å². The van der Waals surface area contributed by atoms with E-state index in [9.17, 15) is 4.39 Å². The van der Waals surface area contributed by atoms with E-state index in [0.717, 1.165) is 5.56 Å². The first-order valence-electron chi connectivity index (χ1n) is 4.96. The van der Waals surface area contributed by atoms with E-state index in [0.29, 0.717) is 17.7 Å². The van der Waals surface area contributed by atoms with Gasteiger partial charge in [-0.25, -0.2) is 4.39 Å². The fourth-order valence-electron chi connectivity index (χ4n) is 1.46. The molecule has 1 rings (SSSR count). The lowest BCUT2D eigenvalue weighted by molar-refractivity contribution is 0.221. The molecule has 0 atom stereocenters. The van der Waals surface area contributed by atoms with Crippen LogP contribution in [0, 0.1) is 0 Å². The Bertz CT molecular complexity index is 329. The van der Waals surface area contributed by atoms with Gasteiger partial charge < -0.3 is 9.84 Å². The van der Waals surface area contributed by atoms with Crippen LogP contribution in [-0.2, 0) is 12.1 Å². The second kappa shape index (κ2) is 4.62. The van der Waals surface area contributed by atoms with Gasteiger partial charge in [-0.05, 0) is 43.5 Å². The number of aliphatic hydroxyl groups is 1. The van der Waals surface area contributed by atoms with Crippen LogP contribution in [0.2, 0.25) is 0 Å². The Balaban J connectivity index is 3.10. The van der Waals surface area contributed by atoms with Crippen LogP contribution in [0.15, 0.2) is 18.2 Å². The van der Waals surface area contributed by atoms with Gasteiger partial charge in [-0.3, -0.25) is 0 Å². The summed E-state index contributed by atoms with van der Waals surface area (Å²) < 4.78 is 18.8. The van der Waals surface area contributed by atoms with E-state index in [4.69, 9.17) is 9.84 Å². The smallest absolute Gasteiger partial charge is 0.130 e. The fourth-order valence-corrected chi connectivity index (χ4v) is 1.46. The quantitative estimate of drug-likeness (QED) is 0.830. The summed E-state index contributed by atoms with van der Waals surface area (Å²) in [5.74, 6) is 0.692. The van der Waals surface area contributed by atoms with E-state index >= 15 is 0 Å². The molecule has 84 valence electrons. The van der Waals surface area contributed by atoms with E-state index in [1.807, 2.05) is 0 Å². The molecular weight excluding hydrogens is 195 g/mol. The van der Waals surface area contributed by atoms with Crippen molar-refractivity contribution in [3.05, 3.63) is 29.3 Å². The highest BCUT2D eigenvalue weighted by Gasteiger charge is 2.19. The number of hydrogen-bond donors (Lipinski definition) is 1. The Hall–Kier alpha value is -1.09. The Labute approximate surface area is 89.7 Å². The van der Waals surface area contributed by atoms with Gasteiger partial charge in [0.05, 0.1) is 7.11 Å². The largest absolute Gasteiger partial charge is 0.496 e. The fraction of sp³-hybridized carbons (Fsp3) is 0.500. The lowest BCUT2D eigenvalue weighted by atomic mass is 9.97. The van der Waals surface area contributed by atoms with Crippen LogP contribution in [0.5, 0.6) is 5.75 Å². The minimum Gasteiger partial charge on any atom is -0.496 e. The number of methoxy groups -OCH3 is 1. The number of rotatable bonds is 4. The molecule has 0 bridgehead atoms. The number of hydrogen-bond acceptors (Lipinski definition) is 2. The molecule has 1 aromatic rings. The van der Waals surface area contributed by atoms with E-state index in [-0.39, 0.29) is 6.61 Å². The molecule has 15 heavy (non-hydrogen) atoms. The average Bonchev–Trinajstić information content (AvgIpc) is 2.17. The van der Waals surface area contributed by atoms with Gasteiger partial charge in [-0.1, -0.05) is 6.07 Å². The predicted molar refractivity (Wildman–Crippen MR) is 57.9 cm³/mol. The second-order valence-corrected chi connectivity index (χ2v) is 3.97. The molecule has 0 aliphatic carbocycles. The maximum atomic E-state index is 13.7. The Morgan fingerprint density at radius 1 is 1.40 bits per heavy atom. The molecule has 1 N–H and O–H groups in total. The highest BCUT2D eigenvalue weighted by Crippen LogP contribution is 2.29. The van der Waals surface area contributed by atoms with Crippen LogP contribution in [0.3, 0.4) is 0 Å². The Kier molecular flexibility index (Phi) is 3.69. The third-order valence-corrected chi connectivity index (χ3v) is 2.35. The van der Waals surface area contributed by atoms with Crippen LogP contribution in [0.25, 0.3) is 0 Å². The third-order valence-electron chi connectivity index (χ3n) is 2.35. The average molecular weight is 212 g/mol. The molecular formula is C12H17FO2. The molecule has 0 aromatic heterocycles. The van der Waals surface area contributed by atoms with Gasteiger partial charge in [0.15, 0.2) is 0 Å². The topological polar surface area (TPSA) is 29.5 Å². The molecule has 0 saturated carbocycles. The van der Waals surface area contributed by atoms with Crippen molar-refractivity contribution in [1.29, 1.82) is 0 Å². The zero-order valence-electron chi connectivity index (χ0n) is 9.38. The molecule has 0 spiro atoms. The molecule has 0 amide bonds. The first-order valence-corrected chi connectivity index (χ1v) is 4.96. The van der Waals surface area contributed by atoms with Gasteiger partial charge >= 0.3 is 0 Å².